The molecule has 2 aromatic rings. The number of nitrogens with one attached hydrogen (secondary N) is 1. The number of aromatic amines is 1. The van der Waals surface area contributed by atoms with Crippen molar-refractivity contribution in [3.63, 3.8) is 0 Å². The molecule has 0 aliphatic heterocycles. The van der Waals surface area contributed by atoms with Crippen molar-refractivity contribution in [2.45, 2.75) is 33.6 Å². The van der Waals surface area contributed by atoms with Crippen molar-refractivity contribution >= 4 is 12.2 Å². The summed E-state index contributed by atoms with van der Waals surface area (Å²) in [7, 11) is 0. The lowest BCUT2D eigenvalue weighted by Gasteiger charge is -2.01. The summed E-state index contributed by atoms with van der Waals surface area (Å²) < 4.78 is 5.46. The first kappa shape index (κ1) is 13.3. The fraction of sp³-hybridized carbons (Fsp3) is 0.333. The van der Waals surface area contributed by atoms with E-state index in [2.05, 4.69) is 9.97 Å². The minimum absolute atomic E-state index is 0.102. The predicted molar refractivity (Wildman–Crippen MR) is 76.1 cm³/mol. The average Bonchev–Trinajstić information content (AvgIpc) is 2.88. The second-order valence-electron chi connectivity index (χ2n) is 4.11. The van der Waals surface area contributed by atoms with Crippen molar-refractivity contribution < 1.29 is 4.42 Å². The summed E-state index contributed by atoms with van der Waals surface area (Å²) in [5, 5.41) is 1.42. The van der Waals surface area contributed by atoms with Crippen LogP contribution >= 0.6 is 0 Å². The molecule has 1 aliphatic carbocycles. The molecule has 4 nitrogen and oxygen atoms in total. The van der Waals surface area contributed by atoms with Crippen molar-refractivity contribution in [1.29, 1.82) is 0 Å². The first-order valence-electron chi connectivity index (χ1n) is 6.61. The van der Waals surface area contributed by atoms with E-state index in [1.54, 1.807) is 0 Å². The summed E-state index contributed by atoms with van der Waals surface area (Å²) in [6.07, 6.45) is 5.75. The topological polar surface area (TPSA) is 58.9 Å². The summed E-state index contributed by atoms with van der Waals surface area (Å²) in [6, 6.07) is 3.66. The minimum Gasteiger partial charge on any atom is -0.458 e. The molecule has 0 spiro atoms. The molecule has 0 radical (unpaired) electrons. The van der Waals surface area contributed by atoms with E-state index in [-0.39, 0.29) is 5.56 Å². The van der Waals surface area contributed by atoms with Gasteiger partial charge in [-0.2, -0.15) is 0 Å². The Labute approximate surface area is 111 Å². The zero-order valence-corrected chi connectivity index (χ0v) is 11.5. The van der Waals surface area contributed by atoms with Crippen LogP contribution in [-0.4, -0.2) is 9.97 Å². The van der Waals surface area contributed by atoms with Crippen LogP contribution in [0.1, 0.15) is 32.4 Å². The molecule has 0 unspecified atom stereocenters. The Morgan fingerprint density at radius 2 is 1.95 bits per heavy atom. The van der Waals surface area contributed by atoms with Crippen LogP contribution in [0, 0.1) is 6.92 Å². The number of rotatable bonds is 1. The van der Waals surface area contributed by atoms with E-state index in [1.165, 1.54) is 0 Å². The quantitative estimate of drug-likeness (QED) is 0.847. The molecule has 0 bridgehead atoms. The van der Waals surface area contributed by atoms with Crippen molar-refractivity contribution in [3.05, 3.63) is 38.8 Å². The summed E-state index contributed by atoms with van der Waals surface area (Å²) in [5.41, 5.74) is -0.102. The van der Waals surface area contributed by atoms with Crippen LogP contribution in [0.4, 0.5) is 0 Å². The van der Waals surface area contributed by atoms with Crippen molar-refractivity contribution in [3.8, 4) is 11.6 Å². The van der Waals surface area contributed by atoms with Gasteiger partial charge in [-0.1, -0.05) is 26.0 Å². The van der Waals surface area contributed by atoms with Gasteiger partial charge < -0.3 is 9.40 Å². The van der Waals surface area contributed by atoms with Crippen LogP contribution in [0.15, 0.2) is 21.3 Å². The molecule has 0 fully saturated rings. The Morgan fingerprint density at radius 1 is 1.21 bits per heavy atom. The molecule has 2 heterocycles. The third-order valence-electron chi connectivity index (χ3n) is 2.81. The molecule has 1 aliphatic rings. The minimum atomic E-state index is -0.102. The summed E-state index contributed by atoms with van der Waals surface area (Å²) >= 11 is 0. The summed E-state index contributed by atoms with van der Waals surface area (Å²) in [5.74, 6) is 1.89. The number of hydrogen-bond donors (Lipinski definition) is 1. The second-order valence-corrected chi connectivity index (χ2v) is 4.11. The molecule has 100 valence electrons. The van der Waals surface area contributed by atoms with E-state index in [1.807, 2.05) is 45.1 Å². The number of H-pyrrole nitrogens is 1. The number of furan rings is 1. The molecule has 3 rings (SSSR count). The van der Waals surface area contributed by atoms with Gasteiger partial charge in [-0.3, -0.25) is 4.79 Å². The SMILES string of the molecule is CC.Cc1ccc(-c2nc3c(c(=O)[nH]2)=CCCC=3)o1. The third kappa shape index (κ3) is 2.67. The van der Waals surface area contributed by atoms with Gasteiger partial charge in [0.2, 0.25) is 0 Å². The van der Waals surface area contributed by atoms with Crippen molar-refractivity contribution in [2.24, 2.45) is 0 Å². The van der Waals surface area contributed by atoms with E-state index in [4.69, 9.17) is 4.42 Å². The fourth-order valence-electron chi connectivity index (χ4n) is 1.98. The van der Waals surface area contributed by atoms with E-state index in [0.29, 0.717) is 16.8 Å². The Bertz CT molecular complexity index is 738. The van der Waals surface area contributed by atoms with E-state index in [0.717, 1.165) is 24.0 Å². The van der Waals surface area contributed by atoms with Gasteiger partial charge in [-0.15, -0.1) is 0 Å². The molecule has 0 amide bonds. The molecular formula is C15H18N2O2. The van der Waals surface area contributed by atoms with Gasteiger partial charge in [0, 0.05) is 0 Å². The smallest absolute Gasteiger partial charge is 0.258 e. The Morgan fingerprint density at radius 3 is 2.63 bits per heavy atom. The third-order valence-corrected chi connectivity index (χ3v) is 2.81. The number of aryl methyl sites for hydroxylation is 1. The maximum Gasteiger partial charge on any atom is 0.258 e. The standard InChI is InChI=1S/C13H12N2O2.C2H6/c1-8-6-7-11(17-8)12-14-10-5-3-2-4-9(10)13(16)15-12;1-2/h4-7H,2-3H2,1H3,(H,14,15,16);1-2H3. The molecule has 0 saturated heterocycles. The van der Waals surface area contributed by atoms with Crippen LogP contribution in [-0.2, 0) is 0 Å². The van der Waals surface area contributed by atoms with E-state index in [9.17, 15) is 4.79 Å². The highest BCUT2D eigenvalue weighted by molar-refractivity contribution is 5.47. The molecule has 4 heteroatoms. The normalized spacial score (nSPS) is 12.6. The zero-order valence-electron chi connectivity index (χ0n) is 11.5. The maximum atomic E-state index is 11.9. The number of hydrogen-bond acceptors (Lipinski definition) is 3. The molecule has 19 heavy (non-hydrogen) atoms. The van der Waals surface area contributed by atoms with Crippen molar-refractivity contribution in [1.82, 2.24) is 9.97 Å². The molecule has 0 aromatic carbocycles. The summed E-state index contributed by atoms with van der Waals surface area (Å²) in [6.45, 7) is 5.86. The Hall–Kier alpha value is -2.10. The molecular weight excluding hydrogens is 240 g/mol. The highest BCUT2D eigenvalue weighted by atomic mass is 16.3. The average molecular weight is 258 g/mol. The second kappa shape index (κ2) is 5.69. The number of fused-ring (bicyclic) bond motifs is 1. The Kier molecular flexibility index (Phi) is 4.00. The van der Waals surface area contributed by atoms with Gasteiger partial charge in [0.05, 0.1) is 10.6 Å². The highest BCUT2D eigenvalue weighted by Gasteiger charge is 2.07. The largest absolute Gasteiger partial charge is 0.458 e. The monoisotopic (exact) mass is 258 g/mol. The molecule has 0 atom stereocenters. The van der Waals surface area contributed by atoms with Crippen LogP contribution in [0.5, 0.6) is 0 Å². The fourth-order valence-corrected chi connectivity index (χ4v) is 1.98. The molecule has 0 saturated carbocycles. The molecule has 1 N–H and O–H groups in total. The predicted octanol–water partition coefficient (Wildman–Crippen LogP) is 1.72. The van der Waals surface area contributed by atoms with Gasteiger partial charge >= 0.3 is 0 Å². The lowest BCUT2D eigenvalue weighted by Crippen LogP contribution is -2.44. The van der Waals surface area contributed by atoms with Crippen LogP contribution in [0.2, 0.25) is 0 Å². The van der Waals surface area contributed by atoms with E-state index < -0.39 is 0 Å². The molecule has 2 aromatic heterocycles. The lowest BCUT2D eigenvalue weighted by atomic mass is 10.1. The van der Waals surface area contributed by atoms with Crippen LogP contribution in [0.25, 0.3) is 23.7 Å². The van der Waals surface area contributed by atoms with Gasteiger partial charge in [-0.05, 0) is 31.9 Å². The van der Waals surface area contributed by atoms with Gasteiger partial charge in [-0.25, -0.2) is 4.98 Å². The lowest BCUT2D eigenvalue weighted by molar-refractivity contribution is 0.543. The number of aromatic nitrogens is 2. The Balaban J connectivity index is 0.000000637. The van der Waals surface area contributed by atoms with Gasteiger partial charge in [0.15, 0.2) is 11.6 Å². The van der Waals surface area contributed by atoms with Gasteiger partial charge in [0.25, 0.3) is 5.56 Å². The highest BCUT2D eigenvalue weighted by Crippen LogP contribution is 2.15. The van der Waals surface area contributed by atoms with Gasteiger partial charge in [0.1, 0.15) is 5.76 Å². The van der Waals surface area contributed by atoms with Crippen LogP contribution < -0.4 is 16.1 Å². The van der Waals surface area contributed by atoms with Crippen molar-refractivity contribution in [2.75, 3.05) is 0 Å². The maximum absolute atomic E-state index is 11.9. The van der Waals surface area contributed by atoms with Crippen LogP contribution in [0.3, 0.4) is 0 Å². The zero-order chi connectivity index (χ0) is 13.8. The van der Waals surface area contributed by atoms with E-state index >= 15 is 0 Å². The summed E-state index contributed by atoms with van der Waals surface area (Å²) in [4.78, 5) is 19.1. The first-order valence-corrected chi connectivity index (χ1v) is 6.61. The first-order chi connectivity index (χ1) is 9.24. The number of nitrogens with zero attached hydrogens (tertiary/aromatic N) is 1.